The Morgan fingerprint density at radius 3 is 2.54 bits per heavy atom. The molecule has 0 spiro atoms. The van der Waals surface area contributed by atoms with E-state index in [-0.39, 0.29) is 5.92 Å². The molecule has 0 nitrogen and oxygen atoms in total. The molecule has 1 rings (SSSR count). The fourth-order valence-electron chi connectivity index (χ4n) is 1.15. The fourth-order valence-corrected chi connectivity index (χ4v) is 1.90. The maximum atomic E-state index is 5.80. The highest BCUT2D eigenvalue weighted by Gasteiger charge is 2.08. The number of rotatable bonds is 2. The van der Waals surface area contributed by atoms with Gasteiger partial charge in [-0.2, -0.15) is 0 Å². The van der Waals surface area contributed by atoms with Crippen molar-refractivity contribution in [2.75, 3.05) is 0 Å². The average molecular weight is 259 g/mol. The van der Waals surface area contributed by atoms with Gasteiger partial charge in [-0.05, 0) is 37.1 Å². The molecule has 0 bridgehead atoms. The lowest BCUT2D eigenvalue weighted by Crippen LogP contribution is -1.93. The summed E-state index contributed by atoms with van der Waals surface area (Å²) < 4.78 is 1.05. The van der Waals surface area contributed by atoms with Crippen molar-refractivity contribution in [3.05, 3.63) is 52.3 Å². The molecule has 0 N–H and O–H groups in total. The number of aryl methyl sites for hydroxylation is 1. The second-order valence-corrected chi connectivity index (χ2v) is 4.46. The number of halogens is 2. The third-order valence-corrected chi connectivity index (χ3v) is 2.57. The van der Waals surface area contributed by atoms with Gasteiger partial charge in [0.15, 0.2) is 0 Å². The van der Waals surface area contributed by atoms with Crippen LogP contribution in [0.4, 0.5) is 0 Å². The van der Waals surface area contributed by atoms with E-state index in [4.69, 9.17) is 11.6 Å². The van der Waals surface area contributed by atoms with Crippen LogP contribution in [0.15, 0.2) is 34.3 Å². The van der Waals surface area contributed by atoms with E-state index >= 15 is 0 Å². The molecule has 1 atom stereocenters. The summed E-state index contributed by atoms with van der Waals surface area (Å²) in [7, 11) is 0. The number of hydrogen-bond donors (Lipinski definition) is 0. The average Bonchev–Trinajstić information content (AvgIpc) is 2.01. The predicted octanol–water partition coefficient (Wildman–Crippen LogP) is 4.43. The van der Waals surface area contributed by atoms with Crippen LogP contribution in [0.3, 0.4) is 0 Å². The Morgan fingerprint density at radius 1 is 1.46 bits per heavy atom. The van der Waals surface area contributed by atoms with E-state index in [9.17, 15) is 0 Å². The van der Waals surface area contributed by atoms with E-state index in [2.05, 4.69) is 35.5 Å². The molecular formula is C11H11BrCl. The molecule has 13 heavy (non-hydrogen) atoms. The van der Waals surface area contributed by atoms with Gasteiger partial charge in [0.25, 0.3) is 0 Å². The van der Waals surface area contributed by atoms with Crippen molar-refractivity contribution >= 4 is 27.5 Å². The quantitative estimate of drug-likeness (QED) is 0.736. The minimum atomic E-state index is -0.0436. The van der Waals surface area contributed by atoms with E-state index in [0.29, 0.717) is 5.03 Å². The molecule has 69 valence electrons. The predicted molar refractivity (Wildman–Crippen MR) is 62.0 cm³/mol. The summed E-state index contributed by atoms with van der Waals surface area (Å²) >= 11 is 9.23. The Kier molecular flexibility index (Phi) is 3.57. The van der Waals surface area contributed by atoms with Gasteiger partial charge in [0, 0.05) is 15.4 Å². The van der Waals surface area contributed by atoms with Crippen LogP contribution in [-0.2, 0) is 0 Å². The zero-order chi connectivity index (χ0) is 10.0. The van der Waals surface area contributed by atoms with Crippen molar-refractivity contribution in [2.24, 2.45) is 0 Å². The number of benzene rings is 1. The number of hydrogen-bond acceptors (Lipinski definition) is 0. The Bertz CT molecular complexity index is 311. The molecule has 0 saturated carbocycles. The van der Waals surface area contributed by atoms with Crippen LogP contribution in [0.25, 0.3) is 0 Å². The van der Waals surface area contributed by atoms with E-state index < -0.39 is 0 Å². The second kappa shape index (κ2) is 4.30. The fraction of sp³-hybridized carbons (Fsp3) is 0.182. The van der Waals surface area contributed by atoms with Crippen LogP contribution in [-0.4, -0.2) is 0 Å². The normalized spacial score (nSPS) is 12.6. The van der Waals surface area contributed by atoms with Crippen molar-refractivity contribution in [2.45, 2.75) is 12.8 Å². The van der Waals surface area contributed by atoms with Crippen molar-refractivity contribution in [1.82, 2.24) is 0 Å². The minimum Gasteiger partial charge on any atom is -0.0891 e. The van der Waals surface area contributed by atoms with Crippen LogP contribution in [0, 0.1) is 13.8 Å². The van der Waals surface area contributed by atoms with Gasteiger partial charge in [-0.15, -0.1) is 0 Å². The van der Waals surface area contributed by atoms with E-state index in [1.54, 1.807) is 0 Å². The third-order valence-electron chi connectivity index (χ3n) is 1.84. The smallest absolute Gasteiger partial charge is 0.0192 e. The van der Waals surface area contributed by atoms with Crippen LogP contribution in [0.2, 0.25) is 0 Å². The first-order chi connectivity index (χ1) is 6.00. The van der Waals surface area contributed by atoms with Crippen LogP contribution >= 0.6 is 27.5 Å². The van der Waals surface area contributed by atoms with Crippen molar-refractivity contribution in [3.8, 4) is 0 Å². The lowest BCUT2D eigenvalue weighted by atomic mass is 9.99. The van der Waals surface area contributed by atoms with Crippen molar-refractivity contribution in [1.29, 1.82) is 0 Å². The Morgan fingerprint density at radius 2 is 2.08 bits per heavy atom. The monoisotopic (exact) mass is 257 g/mol. The molecule has 1 aromatic carbocycles. The van der Waals surface area contributed by atoms with E-state index in [1.807, 2.05) is 19.1 Å². The van der Waals surface area contributed by atoms with Gasteiger partial charge in [-0.1, -0.05) is 40.2 Å². The van der Waals surface area contributed by atoms with Crippen molar-refractivity contribution in [3.63, 3.8) is 0 Å². The first-order valence-corrected chi connectivity index (χ1v) is 5.12. The highest BCUT2D eigenvalue weighted by molar-refractivity contribution is 9.10. The maximum Gasteiger partial charge on any atom is 0.0192 e. The minimum absolute atomic E-state index is 0.0436. The summed E-state index contributed by atoms with van der Waals surface area (Å²) in [5.74, 6) is -0.0436. The molecule has 0 fully saturated rings. The lowest BCUT2D eigenvalue weighted by Gasteiger charge is -2.11. The van der Waals surface area contributed by atoms with Gasteiger partial charge < -0.3 is 0 Å². The van der Waals surface area contributed by atoms with Crippen molar-refractivity contribution < 1.29 is 0 Å². The van der Waals surface area contributed by atoms with Crippen LogP contribution < -0.4 is 0 Å². The summed E-state index contributed by atoms with van der Waals surface area (Å²) in [6.07, 6.45) is 0. The summed E-state index contributed by atoms with van der Waals surface area (Å²) in [6, 6.07) is 6.13. The molecule has 2 heteroatoms. The van der Waals surface area contributed by atoms with Crippen LogP contribution in [0.1, 0.15) is 17.0 Å². The van der Waals surface area contributed by atoms with Gasteiger partial charge in [0.05, 0.1) is 0 Å². The molecular weight excluding hydrogens is 247 g/mol. The van der Waals surface area contributed by atoms with Gasteiger partial charge in [-0.3, -0.25) is 0 Å². The highest BCUT2D eigenvalue weighted by Crippen LogP contribution is 2.27. The molecule has 0 amide bonds. The zero-order valence-electron chi connectivity index (χ0n) is 7.48. The summed E-state index contributed by atoms with van der Waals surface area (Å²) in [6.45, 7) is 9.66. The number of allylic oxidation sites excluding steroid dienone is 1. The Hall–Kier alpha value is -0.270. The van der Waals surface area contributed by atoms with Gasteiger partial charge in [0.2, 0.25) is 0 Å². The van der Waals surface area contributed by atoms with E-state index in [1.165, 1.54) is 5.56 Å². The molecule has 1 aromatic rings. The standard InChI is InChI=1S/C11H11BrCl/c1-7-4-10(6-11(12)5-7)8(2)9(3)13/h4-6,8H,2-3H2,1H3. The molecule has 0 aliphatic rings. The van der Waals surface area contributed by atoms with Gasteiger partial charge in [-0.25, -0.2) is 0 Å². The Labute approximate surface area is 92.7 Å². The summed E-state index contributed by atoms with van der Waals surface area (Å²) in [5.41, 5.74) is 2.28. The molecule has 0 aliphatic heterocycles. The van der Waals surface area contributed by atoms with Crippen LogP contribution in [0.5, 0.6) is 0 Å². The first kappa shape index (κ1) is 10.8. The molecule has 1 unspecified atom stereocenters. The first-order valence-electron chi connectivity index (χ1n) is 3.95. The lowest BCUT2D eigenvalue weighted by molar-refractivity contribution is 1.05. The molecule has 0 aromatic heterocycles. The topological polar surface area (TPSA) is 0 Å². The Balaban J connectivity index is 3.07. The molecule has 0 saturated heterocycles. The zero-order valence-corrected chi connectivity index (χ0v) is 9.82. The molecule has 1 radical (unpaired) electrons. The summed E-state index contributed by atoms with van der Waals surface area (Å²) in [4.78, 5) is 0. The SMILES string of the molecule is [CH2]C(C(=C)Cl)c1cc(C)cc(Br)c1. The third kappa shape index (κ3) is 2.85. The maximum absolute atomic E-state index is 5.80. The summed E-state index contributed by atoms with van der Waals surface area (Å²) in [5, 5.41) is 0.567. The second-order valence-electron chi connectivity index (χ2n) is 3.06. The highest BCUT2D eigenvalue weighted by atomic mass is 79.9. The van der Waals surface area contributed by atoms with E-state index in [0.717, 1.165) is 10.0 Å². The largest absolute Gasteiger partial charge is 0.0891 e. The van der Waals surface area contributed by atoms with Gasteiger partial charge >= 0.3 is 0 Å². The molecule has 0 heterocycles. The van der Waals surface area contributed by atoms with Gasteiger partial charge in [0.1, 0.15) is 0 Å². The molecule has 0 aliphatic carbocycles.